The first kappa shape index (κ1) is 14.9. The lowest BCUT2D eigenvalue weighted by Crippen LogP contribution is -2.16. The Morgan fingerprint density at radius 1 is 1.05 bits per heavy atom. The van der Waals surface area contributed by atoms with Crippen LogP contribution in [0.4, 0.5) is 11.5 Å². The summed E-state index contributed by atoms with van der Waals surface area (Å²) in [6.07, 6.45) is 0. The van der Waals surface area contributed by atoms with Crippen LogP contribution in [0.15, 0.2) is 24.3 Å². The lowest BCUT2D eigenvalue weighted by atomic mass is 10.1. The third kappa shape index (κ3) is 2.80. The van der Waals surface area contributed by atoms with E-state index in [1.54, 1.807) is 0 Å². The molecule has 0 atom stereocenters. The molecule has 2 nitrogen and oxygen atoms in total. The van der Waals surface area contributed by atoms with Crippen LogP contribution in [0, 0.1) is 27.7 Å². The number of anilines is 2. The van der Waals surface area contributed by atoms with Gasteiger partial charge in [0.25, 0.3) is 0 Å². The summed E-state index contributed by atoms with van der Waals surface area (Å²) in [5.74, 6) is 1.42. The largest absolute Gasteiger partial charge is 0.329 e. The molecule has 20 heavy (non-hydrogen) atoms. The number of hydrogen-bond donors (Lipinski definition) is 0. The van der Waals surface area contributed by atoms with Gasteiger partial charge in [0.15, 0.2) is 0 Å². The minimum Gasteiger partial charge on any atom is -0.329 e. The summed E-state index contributed by atoms with van der Waals surface area (Å²) in [7, 11) is 2.05. The summed E-state index contributed by atoms with van der Waals surface area (Å²) >= 11 is 6.12. The number of rotatable bonds is 3. The molecule has 0 amide bonds. The summed E-state index contributed by atoms with van der Waals surface area (Å²) < 4.78 is 0. The molecule has 0 aliphatic rings. The normalized spacial score (nSPS) is 10.7. The van der Waals surface area contributed by atoms with E-state index < -0.39 is 0 Å². The van der Waals surface area contributed by atoms with Gasteiger partial charge in [0.1, 0.15) is 5.82 Å². The van der Waals surface area contributed by atoms with E-state index in [4.69, 9.17) is 11.6 Å². The molecular formula is C17H21ClN2. The second-order valence-electron chi connectivity index (χ2n) is 5.37. The SMILES string of the molecule is Cc1ccc(N(C)c2nc(C)cc(C)c2CCl)c(C)c1. The van der Waals surface area contributed by atoms with E-state index in [0.29, 0.717) is 5.88 Å². The van der Waals surface area contributed by atoms with E-state index in [0.717, 1.165) is 17.1 Å². The van der Waals surface area contributed by atoms with Crippen LogP contribution in [0.1, 0.15) is 27.9 Å². The van der Waals surface area contributed by atoms with Gasteiger partial charge < -0.3 is 4.90 Å². The minimum absolute atomic E-state index is 0.476. The average Bonchev–Trinajstić information content (AvgIpc) is 2.37. The number of aryl methyl sites for hydroxylation is 4. The van der Waals surface area contributed by atoms with Gasteiger partial charge in [-0.15, -0.1) is 11.6 Å². The van der Waals surface area contributed by atoms with Crippen LogP contribution in [-0.4, -0.2) is 12.0 Å². The third-order valence-electron chi connectivity index (χ3n) is 3.62. The summed E-state index contributed by atoms with van der Waals surface area (Å²) in [5.41, 5.74) is 6.99. The number of nitrogens with zero attached hydrogens (tertiary/aromatic N) is 2. The molecule has 0 aliphatic carbocycles. The van der Waals surface area contributed by atoms with Crippen molar-refractivity contribution in [2.45, 2.75) is 33.6 Å². The standard InChI is InChI=1S/C17H21ClN2/c1-11-6-7-16(13(3)8-11)20(5)17-15(10-18)12(2)9-14(4)19-17/h6-9H,10H2,1-5H3. The third-order valence-corrected chi connectivity index (χ3v) is 3.89. The van der Waals surface area contributed by atoms with Crippen molar-refractivity contribution in [3.8, 4) is 0 Å². The fourth-order valence-corrected chi connectivity index (χ4v) is 2.91. The average molecular weight is 289 g/mol. The van der Waals surface area contributed by atoms with Crippen molar-refractivity contribution in [2.24, 2.45) is 0 Å². The van der Waals surface area contributed by atoms with Gasteiger partial charge in [-0.05, 0) is 51.0 Å². The molecule has 0 aliphatic heterocycles. The molecule has 2 aromatic rings. The van der Waals surface area contributed by atoms with Gasteiger partial charge in [0.2, 0.25) is 0 Å². The molecule has 1 aromatic carbocycles. The molecule has 106 valence electrons. The second-order valence-corrected chi connectivity index (χ2v) is 5.63. The lowest BCUT2D eigenvalue weighted by Gasteiger charge is -2.24. The summed E-state index contributed by atoms with van der Waals surface area (Å²) in [4.78, 5) is 6.82. The predicted molar refractivity (Wildman–Crippen MR) is 87.2 cm³/mol. The van der Waals surface area contributed by atoms with Gasteiger partial charge in [-0.1, -0.05) is 17.7 Å². The van der Waals surface area contributed by atoms with Crippen molar-refractivity contribution >= 4 is 23.1 Å². The summed E-state index contributed by atoms with van der Waals surface area (Å²) in [6, 6.07) is 8.54. The van der Waals surface area contributed by atoms with Crippen LogP contribution in [-0.2, 0) is 5.88 Å². The summed E-state index contributed by atoms with van der Waals surface area (Å²) in [6.45, 7) is 8.34. The van der Waals surface area contributed by atoms with Crippen molar-refractivity contribution in [1.82, 2.24) is 4.98 Å². The van der Waals surface area contributed by atoms with E-state index >= 15 is 0 Å². The van der Waals surface area contributed by atoms with Crippen molar-refractivity contribution in [3.05, 3.63) is 52.2 Å². The Kier molecular flexibility index (Phi) is 4.34. The van der Waals surface area contributed by atoms with Crippen LogP contribution >= 0.6 is 11.6 Å². The zero-order chi connectivity index (χ0) is 14.9. The fraction of sp³-hybridized carbons (Fsp3) is 0.353. The zero-order valence-electron chi connectivity index (χ0n) is 12.8. The summed E-state index contributed by atoms with van der Waals surface area (Å²) in [5, 5.41) is 0. The monoisotopic (exact) mass is 288 g/mol. The molecule has 2 rings (SSSR count). The highest BCUT2D eigenvalue weighted by Crippen LogP contribution is 2.31. The van der Waals surface area contributed by atoms with Gasteiger partial charge in [0.05, 0.1) is 5.88 Å². The molecule has 0 unspecified atom stereocenters. The van der Waals surface area contributed by atoms with E-state index in [1.807, 2.05) is 6.92 Å². The quantitative estimate of drug-likeness (QED) is 0.753. The number of alkyl halides is 1. The molecule has 1 heterocycles. The Bertz CT molecular complexity index is 635. The first-order valence-electron chi connectivity index (χ1n) is 6.78. The molecule has 0 N–H and O–H groups in total. The minimum atomic E-state index is 0.476. The first-order valence-corrected chi connectivity index (χ1v) is 7.31. The van der Waals surface area contributed by atoms with Crippen LogP contribution < -0.4 is 4.90 Å². The van der Waals surface area contributed by atoms with Gasteiger partial charge in [-0.2, -0.15) is 0 Å². The number of pyridine rings is 1. The highest BCUT2D eigenvalue weighted by atomic mass is 35.5. The molecular weight excluding hydrogens is 268 g/mol. The fourth-order valence-electron chi connectivity index (χ4n) is 2.58. The molecule has 0 bridgehead atoms. The Hall–Kier alpha value is -1.54. The van der Waals surface area contributed by atoms with Crippen molar-refractivity contribution in [3.63, 3.8) is 0 Å². The maximum Gasteiger partial charge on any atom is 0.137 e. The Morgan fingerprint density at radius 2 is 1.75 bits per heavy atom. The van der Waals surface area contributed by atoms with Gasteiger partial charge in [-0.3, -0.25) is 0 Å². The molecule has 0 spiro atoms. The molecule has 1 aromatic heterocycles. The molecule has 0 saturated carbocycles. The van der Waals surface area contributed by atoms with Crippen LogP contribution in [0.5, 0.6) is 0 Å². The van der Waals surface area contributed by atoms with E-state index in [1.165, 1.54) is 22.4 Å². The highest BCUT2D eigenvalue weighted by molar-refractivity contribution is 6.17. The lowest BCUT2D eigenvalue weighted by molar-refractivity contribution is 1.04. The number of hydrogen-bond acceptors (Lipinski definition) is 2. The Labute approximate surface area is 126 Å². The first-order chi connectivity index (χ1) is 9.43. The molecule has 3 heteroatoms. The number of aromatic nitrogens is 1. The maximum atomic E-state index is 6.12. The Balaban J connectivity index is 2.55. The van der Waals surface area contributed by atoms with Crippen LogP contribution in [0.2, 0.25) is 0 Å². The van der Waals surface area contributed by atoms with Gasteiger partial charge >= 0.3 is 0 Å². The molecule has 0 radical (unpaired) electrons. The zero-order valence-corrected chi connectivity index (χ0v) is 13.5. The number of halogens is 1. The number of benzene rings is 1. The van der Waals surface area contributed by atoms with E-state index in [9.17, 15) is 0 Å². The van der Waals surface area contributed by atoms with Crippen molar-refractivity contribution in [1.29, 1.82) is 0 Å². The maximum absolute atomic E-state index is 6.12. The Morgan fingerprint density at radius 3 is 2.35 bits per heavy atom. The van der Waals surface area contributed by atoms with Crippen molar-refractivity contribution < 1.29 is 0 Å². The van der Waals surface area contributed by atoms with E-state index in [2.05, 4.69) is 62.0 Å². The second kappa shape index (κ2) is 5.84. The highest BCUT2D eigenvalue weighted by Gasteiger charge is 2.15. The van der Waals surface area contributed by atoms with Crippen molar-refractivity contribution in [2.75, 3.05) is 11.9 Å². The predicted octanol–water partition coefficient (Wildman–Crippen LogP) is 4.82. The molecule has 0 fully saturated rings. The smallest absolute Gasteiger partial charge is 0.137 e. The van der Waals surface area contributed by atoms with Gasteiger partial charge in [0, 0.05) is 24.0 Å². The van der Waals surface area contributed by atoms with Crippen LogP contribution in [0.3, 0.4) is 0 Å². The van der Waals surface area contributed by atoms with Crippen LogP contribution in [0.25, 0.3) is 0 Å². The topological polar surface area (TPSA) is 16.1 Å². The van der Waals surface area contributed by atoms with Gasteiger partial charge in [-0.25, -0.2) is 4.98 Å². The van der Waals surface area contributed by atoms with E-state index in [-0.39, 0.29) is 0 Å². The molecule has 0 saturated heterocycles.